The molecule has 1 heterocycles. The average molecular weight is 654 g/mol. The SMILES string of the molecule is CCCCCCCCCCCCOc1ccc(-c2ccc(OCc3ccc(C(=O)N4CCCCCCCCCCCC4)cc3)cc2)cc1. The minimum absolute atomic E-state index is 0.168. The molecule has 0 bridgehead atoms. The Bertz CT molecular complexity index is 1240. The topological polar surface area (TPSA) is 38.8 Å². The molecule has 3 aromatic carbocycles. The van der Waals surface area contributed by atoms with Gasteiger partial charge in [-0.1, -0.05) is 152 Å². The van der Waals surface area contributed by atoms with Gasteiger partial charge < -0.3 is 14.4 Å². The molecule has 4 nitrogen and oxygen atoms in total. The van der Waals surface area contributed by atoms with Crippen LogP contribution >= 0.6 is 0 Å². The fraction of sp³-hybridized carbons (Fsp3) is 0.568. The van der Waals surface area contributed by atoms with Gasteiger partial charge in [0, 0.05) is 18.7 Å². The van der Waals surface area contributed by atoms with Gasteiger partial charge in [0.2, 0.25) is 0 Å². The van der Waals surface area contributed by atoms with Crippen molar-refractivity contribution in [2.24, 2.45) is 0 Å². The molecule has 0 radical (unpaired) electrons. The number of rotatable bonds is 17. The number of hydrogen-bond acceptors (Lipinski definition) is 3. The smallest absolute Gasteiger partial charge is 0.253 e. The van der Waals surface area contributed by atoms with E-state index in [1.54, 1.807) is 0 Å². The first-order chi connectivity index (χ1) is 23.7. The van der Waals surface area contributed by atoms with Crippen molar-refractivity contribution in [1.82, 2.24) is 4.90 Å². The standard InChI is InChI=1S/C44H63NO3/c1-2-3-4-5-6-7-12-15-18-21-36-47-42-30-26-39(27-31-42)40-28-32-43(33-29-40)48-37-38-22-24-41(25-23-38)44(46)45-34-19-16-13-10-8-9-11-14-17-20-35-45/h22-33H,2-21,34-37H2,1H3. The van der Waals surface area contributed by atoms with Crippen LogP contribution in [0.4, 0.5) is 0 Å². The minimum Gasteiger partial charge on any atom is -0.494 e. The molecule has 48 heavy (non-hydrogen) atoms. The predicted molar refractivity (Wildman–Crippen MR) is 202 cm³/mol. The molecule has 1 fully saturated rings. The van der Waals surface area contributed by atoms with Gasteiger partial charge in [-0.05, 0) is 72.4 Å². The van der Waals surface area contributed by atoms with Gasteiger partial charge in [-0.3, -0.25) is 4.79 Å². The van der Waals surface area contributed by atoms with E-state index in [0.717, 1.165) is 67.1 Å². The van der Waals surface area contributed by atoms with E-state index in [-0.39, 0.29) is 5.91 Å². The lowest BCUT2D eigenvalue weighted by Gasteiger charge is -2.23. The van der Waals surface area contributed by atoms with Gasteiger partial charge in [-0.15, -0.1) is 0 Å². The zero-order chi connectivity index (χ0) is 33.5. The molecule has 3 aromatic rings. The first kappa shape index (κ1) is 37.5. The van der Waals surface area contributed by atoms with E-state index < -0.39 is 0 Å². The summed E-state index contributed by atoms with van der Waals surface area (Å²) in [6.45, 7) is 5.29. The third-order valence-electron chi connectivity index (χ3n) is 9.81. The maximum atomic E-state index is 13.4. The Morgan fingerprint density at radius 2 is 0.958 bits per heavy atom. The number of unbranched alkanes of at least 4 members (excludes halogenated alkanes) is 9. The summed E-state index contributed by atoms with van der Waals surface area (Å²) >= 11 is 0. The molecule has 1 aliphatic heterocycles. The highest BCUT2D eigenvalue weighted by atomic mass is 16.5. The Morgan fingerprint density at radius 1 is 0.521 bits per heavy atom. The summed E-state index contributed by atoms with van der Waals surface area (Å²) < 4.78 is 12.1. The van der Waals surface area contributed by atoms with Crippen LogP contribution in [0.15, 0.2) is 72.8 Å². The monoisotopic (exact) mass is 653 g/mol. The van der Waals surface area contributed by atoms with Crippen LogP contribution in [-0.4, -0.2) is 30.5 Å². The molecule has 4 heteroatoms. The van der Waals surface area contributed by atoms with Crippen molar-refractivity contribution in [3.05, 3.63) is 83.9 Å². The van der Waals surface area contributed by atoms with Gasteiger partial charge in [-0.2, -0.15) is 0 Å². The van der Waals surface area contributed by atoms with Crippen LogP contribution < -0.4 is 9.47 Å². The van der Waals surface area contributed by atoms with Crippen LogP contribution in [0.1, 0.15) is 151 Å². The molecule has 0 N–H and O–H groups in total. The number of ether oxygens (including phenoxy) is 2. The minimum atomic E-state index is 0.168. The maximum absolute atomic E-state index is 13.4. The van der Waals surface area contributed by atoms with Crippen molar-refractivity contribution in [3.8, 4) is 22.6 Å². The van der Waals surface area contributed by atoms with Gasteiger partial charge in [0.25, 0.3) is 5.91 Å². The Labute approximate surface area is 292 Å². The van der Waals surface area contributed by atoms with Gasteiger partial charge in [0.05, 0.1) is 6.61 Å². The summed E-state index contributed by atoms with van der Waals surface area (Å²) in [5.41, 5.74) is 4.17. The van der Waals surface area contributed by atoms with Crippen LogP contribution in [0, 0.1) is 0 Å². The third kappa shape index (κ3) is 14.5. The van der Waals surface area contributed by atoms with E-state index >= 15 is 0 Å². The highest BCUT2D eigenvalue weighted by molar-refractivity contribution is 5.94. The summed E-state index contributed by atoms with van der Waals surface area (Å²) in [7, 11) is 0. The summed E-state index contributed by atoms with van der Waals surface area (Å²) in [4.78, 5) is 15.4. The van der Waals surface area contributed by atoms with Gasteiger partial charge in [0.15, 0.2) is 0 Å². The normalized spacial score (nSPS) is 14.8. The summed E-state index contributed by atoms with van der Waals surface area (Å²) in [5.74, 6) is 1.95. The second-order valence-corrected chi connectivity index (χ2v) is 13.9. The molecule has 1 aliphatic rings. The lowest BCUT2D eigenvalue weighted by molar-refractivity contribution is 0.0749. The molecule has 0 spiro atoms. The van der Waals surface area contributed by atoms with E-state index in [2.05, 4.69) is 48.2 Å². The van der Waals surface area contributed by atoms with E-state index in [9.17, 15) is 4.79 Å². The first-order valence-electron chi connectivity index (χ1n) is 19.6. The van der Waals surface area contributed by atoms with Gasteiger partial charge in [-0.25, -0.2) is 0 Å². The van der Waals surface area contributed by atoms with E-state index in [1.165, 1.54) is 115 Å². The van der Waals surface area contributed by atoms with E-state index in [4.69, 9.17) is 9.47 Å². The van der Waals surface area contributed by atoms with Gasteiger partial charge >= 0.3 is 0 Å². The quantitative estimate of drug-likeness (QED) is 0.136. The highest BCUT2D eigenvalue weighted by Crippen LogP contribution is 2.25. The second-order valence-electron chi connectivity index (χ2n) is 13.9. The zero-order valence-corrected chi connectivity index (χ0v) is 30.1. The Kier molecular flexibility index (Phi) is 18.1. The predicted octanol–water partition coefficient (Wildman–Crippen LogP) is 12.6. The Hall–Kier alpha value is -3.27. The molecule has 0 atom stereocenters. The molecule has 1 amide bonds. The maximum Gasteiger partial charge on any atom is 0.253 e. The van der Waals surface area contributed by atoms with Crippen LogP contribution in [0.2, 0.25) is 0 Å². The molecular weight excluding hydrogens is 590 g/mol. The number of nitrogens with zero attached hydrogens (tertiary/aromatic N) is 1. The van der Waals surface area contributed by atoms with Crippen molar-refractivity contribution < 1.29 is 14.3 Å². The lowest BCUT2D eigenvalue weighted by Crippen LogP contribution is -2.33. The summed E-state index contributed by atoms with van der Waals surface area (Å²) in [6, 6.07) is 24.7. The van der Waals surface area contributed by atoms with Gasteiger partial charge in [0.1, 0.15) is 18.1 Å². The van der Waals surface area contributed by atoms with Crippen molar-refractivity contribution in [2.75, 3.05) is 19.7 Å². The fourth-order valence-corrected chi connectivity index (χ4v) is 6.69. The zero-order valence-electron chi connectivity index (χ0n) is 30.1. The summed E-state index contributed by atoms with van der Waals surface area (Å²) in [5, 5.41) is 0. The van der Waals surface area contributed by atoms with Crippen LogP contribution in [-0.2, 0) is 6.61 Å². The van der Waals surface area contributed by atoms with E-state index in [1.807, 2.05) is 36.4 Å². The molecule has 0 aliphatic carbocycles. The Balaban J connectivity index is 1.15. The number of carbonyl (C=O) groups excluding carboxylic acids is 1. The van der Waals surface area contributed by atoms with Crippen LogP contribution in [0.25, 0.3) is 11.1 Å². The van der Waals surface area contributed by atoms with E-state index in [0.29, 0.717) is 6.61 Å². The molecule has 262 valence electrons. The van der Waals surface area contributed by atoms with Crippen LogP contribution in [0.3, 0.4) is 0 Å². The number of amides is 1. The van der Waals surface area contributed by atoms with Crippen molar-refractivity contribution in [2.45, 2.75) is 142 Å². The molecule has 0 saturated carbocycles. The average Bonchev–Trinajstić information content (AvgIpc) is 3.15. The van der Waals surface area contributed by atoms with Crippen molar-refractivity contribution >= 4 is 5.91 Å². The molecule has 0 aromatic heterocycles. The van der Waals surface area contributed by atoms with Crippen molar-refractivity contribution in [1.29, 1.82) is 0 Å². The molecular formula is C44H63NO3. The molecule has 1 saturated heterocycles. The first-order valence-corrected chi connectivity index (χ1v) is 19.6. The van der Waals surface area contributed by atoms with Crippen LogP contribution in [0.5, 0.6) is 11.5 Å². The Morgan fingerprint density at radius 3 is 1.46 bits per heavy atom. The molecule has 0 unspecified atom stereocenters. The van der Waals surface area contributed by atoms with Crippen molar-refractivity contribution in [3.63, 3.8) is 0 Å². The number of benzene rings is 3. The fourth-order valence-electron chi connectivity index (χ4n) is 6.69. The number of hydrogen-bond donors (Lipinski definition) is 0. The number of carbonyl (C=O) groups is 1. The summed E-state index contributed by atoms with van der Waals surface area (Å²) in [6.07, 6.45) is 26.0. The second kappa shape index (κ2) is 23.1. The molecule has 4 rings (SSSR count). The third-order valence-corrected chi connectivity index (χ3v) is 9.81. The lowest BCUT2D eigenvalue weighted by atomic mass is 10.1. The highest BCUT2D eigenvalue weighted by Gasteiger charge is 2.15. The largest absolute Gasteiger partial charge is 0.494 e.